The summed E-state index contributed by atoms with van der Waals surface area (Å²) < 4.78 is 0. The number of likely N-dealkylation sites (tertiary alicyclic amines) is 12. The van der Waals surface area contributed by atoms with E-state index in [1.165, 1.54) is 31.4 Å². The number of nitrogens with two attached hydrogens (primary N) is 1. The SMILES string of the molecule is CC(=O)N1CCC[C@H]1C(=O)N1CCC[C@H]1C(=O)N1CCC[C@H]1C(=O)N1CCC[C@H]1C(=O)N1CCC[C@H]1C(=O)N1CCC[C@H]1C(=O)N1CCC[C@H]1C(=O)N1CCC[C@H]1C(=O)N1CCC[C@H]1C(=O)N1C[C@@H](N=[N+]=[N-])C[C@H]1C(=O)N1CCC[C@H]1C(=O)N1CCC[C@H]1C(N)=O. The summed E-state index contributed by atoms with van der Waals surface area (Å²) in [6.45, 7) is 4.75. The molecule has 494 valence electrons. The molecular formula is C62H88N16O13. The van der Waals surface area contributed by atoms with Crippen LogP contribution in [-0.2, 0) is 62.3 Å². The predicted molar refractivity (Wildman–Crippen MR) is 320 cm³/mol. The van der Waals surface area contributed by atoms with Gasteiger partial charge in [0.25, 0.3) is 0 Å². The molecule has 12 heterocycles. The number of amides is 13. The van der Waals surface area contributed by atoms with Gasteiger partial charge in [0.15, 0.2) is 0 Å². The van der Waals surface area contributed by atoms with Crippen molar-refractivity contribution in [3.63, 3.8) is 0 Å². The van der Waals surface area contributed by atoms with Crippen molar-refractivity contribution in [2.75, 3.05) is 78.5 Å². The molecule has 12 fully saturated rings. The highest BCUT2D eigenvalue weighted by atomic mass is 16.2. The number of primary amides is 1. The second-order valence-corrected chi connectivity index (χ2v) is 27.3. The molecule has 12 rings (SSSR count). The summed E-state index contributed by atoms with van der Waals surface area (Å²) in [5.41, 5.74) is 15.1. The minimum Gasteiger partial charge on any atom is -0.368 e. The lowest BCUT2D eigenvalue weighted by Crippen LogP contribution is -2.59. The number of nitrogens with zero attached hydrogens (tertiary/aromatic N) is 15. The highest BCUT2D eigenvalue weighted by molar-refractivity contribution is 6.01. The lowest BCUT2D eigenvalue weighted by Gasteiger charge is -2.38. The monoisotopic (exact) mass is 1260 g/mol. The van der Waals surface area contributed by atoms with Crippen LogP contribution in [-0.4, -0.2) is 293 Å². The maximum atomic E-state index is 14.9. The van der Waals surface area contributed by atoms with Gasteiger partial charge >= 0.3 is 0 Å². The molecule has 91 heavy (non-hydrogen) atoms. The summed E-state index contributed by atoms with van der Waals surface area (Å²) in [6, 6.07) is -11.1. The van der Waals surface area contributed by atoms with Crippen molar-refractivity contribution in [2.24, 2.45) is 10.8 Å². The third-order valence-electron chi connectivity index (χ3n) is 22.3. The first kappa shape index (κ1) is 63.6. The van der Waals surface area contributed by atoms with Crippen molar-refractivity contribution in [1.82, 2.24) is 58.8 Å². The fourth-order valence-corrected chi connectivity index (χ4v) is 17.9. The summed E-state index contributed by atoms with van der Waals surface area (Å²) in [6.07, 6.45) is 10.4. The van der Waals surface area contributed by atoms with Crippen molar-refractivity contribution >= 4 is 76.8 Å². The topological polar surface area (TPSA) is 336 Å². The van der Waals surface area contributed by atoms with Crippen LogP contribution < -0.4 is 5.73 Å². The highest BCUT2D eigenvalue weighted by Crippen LogP contribution is 2.37. The van der Waals surface area contributed by atoms with Crippen molar-refractivity contribution in [1.29, 1.82) is 0 Å². The molecule has 0 aromatic carbocycles. The average molecular weight is 1270 g/mol. The molecule has 13 atom stereocenters. The van der Waals surface area contributed by atoms with Gasteiger partial charge in [-0.25, -0.2) is 0 Å². The largest absolute Gasteiger partial charge is 0.368 e. The molecule has 12 saturated heterocycles. The quantitative estimate of drug-likeness (QED) is 0.141. The molecule has 29 nitrogen and oxygen atoms in total. The summed E-state index contributed by atoms with van der Waals surface area (Å²) in [5, 5.41) is 3.89. The Bertz CT molecular complexity index is 3030. The molecular weight excluding hydrogens is 1180 g/mol. The van der Waals surface area contributed by atoms with Gasteiger partial charge in [-0.1, -0.05) is 5.11 Å². The van der Waals surface area contributed by atoms with Gasteiger partial charge < -0.3 is 64.5 Å². The first-order chi connectivity index (χ1) is 43.9. The van der Waals surface area contributed by atoms with Crippen molar-refractivity contribution in [3.05, 3.63) is 10.4 Å². The lowest BCUT2D eigenvalue weighted by atomic mass is 10.1. The van der Waals surface area contributed by atoms with Crippen LogP contribution in [0.15, 0.2) is 5.11 Å². The Morgan fingerprint density at radius 3 is 0.703 bits per heavy atom. The molecule has 0 aromatic heterocycles. The molecule has 0 aliphatic carbocycles. The van der Waals surface area contributed by atoms with Crippen LogP contribution in [0.2, 0.25) is 0 Å². The Morgan fingerprint density at radius 1 is 0.297 bits per heavy atom. The van der Waals surface area contributed by atoms with E-state index in [9.17, 15) is 67.9 Å². The first-order valence-electron chi connectivity index (χ1n) is 33.9. The van der Waals surface area contributed by atoms with Crippen LogP contribution in [0.3, 0.4) is 0 Å². The summed E-state index contributed by atoms with van der Waals surface area (Å²) in [5.74, 6) is -4.90. The molecule has 0 radical (unpaired) electrons. The average Bonchev–Trinajstić information content (AvgIpc) is 1.69. The van der Waals surface area contributed by atoms with Crippen molar-refractivity contribution in [2.45, 2.75) is 233 Å². The second-order valence-electron chi connectivity index (χ2n) is 27.3. The lowest BCUT2D eigenvalue weighted by molar-refractivity contribution is -0.156. The standard InChI is InChI=1S/C62H88N16O13/c1-37(79)67-24-3-14-40(67)52(81)69-26-4-16-42(69)54(83)70-27-5-17-43(70)55(84)71-28-6-18-44(71)56(85)72-29-7-19-45(72)57(86)73-30-8-20-46(73)58(87)74-31-9-21-47(74)59(88)75-32-10-22-48(75)60(89)76-33-12-23-49(76)61(90)78-36-38(65-66-64)35-50(78)62(91)77-34-11-15-41(77)53(82)68-25-2-13-39(68)51(63)80/h38-50H,2-36H2,1H3,(H2,63,80)/t38-,39-,40-,41-,42-,43-,44-,45-,46-,47-,48-,49-,50-/m0/s1. The molecule has 0 spiro atoms. The number of hydrogen-bond acceptors (Lipinski definition) is 14. The molecule has 29 heteroatoms. The normalized spacial score (nSPS) is 32.5. The van der Waals surface area contributed by atoms with E-state index < -0.39 is 108 Å². The van der Waals surface area contributed by atoms with Gasteiger partial charge in [0.2, 0.25) is 76.8 Å². The Labute approximate surface area is 529 Å². The van der Waals surface area contributed by atoms with E-state index in [1.54, 1.807) is 34.3 Å². The number of azide groups is 1. The van der Waals surface area contributed by atoms with Crippen molar-refractivity contribution < 1.29 is 62.3 Å². The molecule has 13 amide bonds. The van der Waals surface area contributed by atoms with Gasteiger partial charge in [-0.15, -0.1) is 0 Å². The van der Waals surface area contributed by atoms with Crippen molar-refractivity contribution in [3.8, 4) is 0 Å². The van der Waals surface area contributed by atoms with Crippen LogP contribution in [0.1, 0.15) is 155 Å². The van der Waals surface area contributed by atoms with E-state index in [2.05, 4.69) is 10.0 Å². The van der Waals surface area contributed by atoms with Crippen LogP contribution in [0.4, 0.5) is 0 Å². The highest BCUT2D eigenvalue weighted by Gasteiger charge is 2.54. The number of carbonyl (C=O) groups excluding carboxylic acids is 13. The van der Waals surface area contributed by atoms with E-state index >= 15 is 0 Å². The van der Waals surface area contributed by atoms with Gasteiger partial charge in [0.05, 0.1) is 6.04 Å². The fourth-order valence-electron chi connectivity index (χ4n) is 17.9. The van der Waals surface area contributed by atoms with Gasteiger partial charge in [-0.05, 0) is 153 Å². The van der Waals surface area contributed by atoms with Crippen LogP contribution in [0, 0.1) is 0 Å². The Balaban J connectivity index is 0.673. The van der Waals surface area contributed by atoms with Gasteiger partial charge in [-0.2, -0.15) is 0 Å². The molecule has 12 aliphatic heterocycles. The van der Waals surface area contributed by atoms with Crippen LogP contribution in [0.25, 0.3) is 10.4 Å². The second kappa shape index (κ2) is 26.6. The van der Waals surface area contributed by atoms with Gasteiger partial charge in [-0.3, -0.25) is 62.3 Å². The first-order valence-corrected chi connectivity index (χ1v) is 33.9. The third kappa shape index (κ3) is 11.7. The summed E-state index contributed by atoms with van der Waals surface area (Å²) >= 11 is 0. The van der Waals surface area contributed by atoms with Crippen LogP contribution in [0.5, 0.6) is 0 Å². The van der Waals surface area contributed by atoms with E-state index in [-0.39, 0.29) is 106 Å². The van der Waals surface area contributed by atoms with E-state index in [0.717, 1.165) is 0 Å². The van der Waals surface area contributed by atoms with Gasteiger partial charge in [0.1, 0.15) is 72.5 Å². The smallest absolute Gasteiger partial charge is 0.246 e. The molecule has 2 N–H and O–H groups in total. The third-order valence-corrected chi connectivity index (χ3v) is 22.3. The van der Waals surface area contributed by atoms with Crippen LogP contribution >= 0.6 is 0 Å². The fraction of sp³-hybridized carbons (Fsp3) is 0.790. The zero-order valence-corrected chi connectivity index (χ0v) is 52.3. The number of hydrogen-bond donors (Lipinski definition) is 1. The summed E-state index contributed by atoms with van der Waals surface area (Å²) in [7, 11) is 0. The molecule has 0 bridgehead atoms. The van der Waals surface area contributed by atoms with E-state index in [1.807, 2.05) is 0 Å². The zero-order valence-electron chi connectivity index (χ0n) is 52.3. The minimum absolute atomic E-state index is 0.0149. The van der Waals surface area contributed by atoms with E-state index in [4.69, 9.17) is 5.73 Å². The predicted octanol–water partition coefficient (Wildman–Crippen LogP) is -0.328. The maximum absolute atomic E-state index is 14.9. The van der Waals surface area contributed by atoms with E-state index in [0.29, 0.717) is 168 Å². The Kier molecular flexibility index (Phi) is 18.6. The molecule has 0 unspecified atom stereocenters. The minimum atomic E-state index is -1.09. The van der Waals surface area contributed by atoms with Gasteiger partial charge in [0, 0.05) is 90.4 Å². The Morgan fingerprint density at radius 2 is 0.484 bits per heavy atom. The molecule has 0 saturated carbocycles. The zero-order chi connectivity index (χ0) is 64.1. The number of carbonyl (C=O) groups is 13. The molecule has 0 aromatic rings. The molecule has 12 aliphatic rings. The number of rotatable bonds is 13. The Hall–Kier alpha value is -7.58. The summed E-state index contributed by atoms with van der Waals surface area (Å²) in [4.78, 5) is 206. The maximum Gasteiger partial charge on any atom is 0.246 e.